The zero-order valence-electron chi connectivity index (χ0n) is 9.49. The number of carbonyl (C=O) groups excluding carboxylic acids is 1. The van der Waals surface area contributed by atoms with E-state index in [9.17, 15) is 4.79 Å². The van der Waals surface area contributed by atoms with Crippen molar-refractivity contribution in [3.63, 3.8) is 0 Å². The van der Waals surface area contributed by atoms with Crippen molar-refractivity contribution >= 4 is 11.6 Å². The number of carbonyl (C=O) groups is 1. The van der Waals surface area contributed by atoms with Gasteiger partial charge in [-0.3, -0.25) is 4.79 Å². The van der Waals surface area contributed by atoms with E-state index in [-0.39, 0.29) is 19.1 Å². The molecule has 1 amide bonds. The van der Waals surface area contributed by atoms with Gasteiger partial charge in [-0.15, -0.1) is 0 Å². The van der Waals surface area contributed by atoms with E-state index in [1.165, 1.54) is 0 Å². The average Bonchev–Trinajstić information content (AvgIpc) is 2.34. The minimum Gasteiger partial charge on any atom is -0.392 e. The number of rotatable bonds is 6. The highest BCUT2D eigenvalue weighted by atomic mass is 16.3. The molecule has 0 aromatic heterocycles. The van der Waals surface area contributed by atoms with Gasteiger partial charge in [-0.05, 0) is 24.1 Å². The van der Waals surface area contributed by atoms with Crippen LogP contribution in [0.25, 0.3) is 0 Å². The average molecular weight is 222 g/mol. The molecule has 4 heteroatoms. The van der Waals surface area contributed by atoms with E-state index in [4.69, 9.17) is 5.11 Å². The predicted molar refractivity (Wildman–Crippen MR) is 64.2 cm³/mol. The molecule has 0 spiro atoms. The van der Waals surface area contributed by atoms with Crippen molar-refractivity contribution in [1.29, 1.82) is 0 Å². The summed E-state index contributed by atoms with van der Waals surface area (Å²) >= 11 is 0. The van der Waals surface area contributed by atoms with Crippen molar-refractivity contribution in [2.24, 2.45) is 0 Å². The molecule has 16 heavy (non-hydrogen) atoms. The third kappa shape index (κ3) is 4.31. The molecule has 0 unspecified atom stereocenters. The summed E-state index contributed by atoms with van der Waals surface area (Å²) in [7, 11) is 0. The molecule has 0 atom stereocenters. The van der Waals surface area contributed by atoms with Crippen LogP contribution in [0.5, 0.6) is 0 Å². The van der Waals surface area contributed by atoms with Gasteiger partial charge in [0.15, 0.2) is 0 Å². The van der Waals surface area contributed by atoms with Crippen molar-refractivity contribution in [2.75, 3.05) is 18.4 Å². The van der Waals surface area contributed by atoms with Crippen LogP contribution in [-0.2, 0) is 11.4 Å². The monoisotopic (exact) mass is 222 g/mol. The molecule has 1 aromatic rings. The summed E-state index contributed by atoms with van der Waals surface area (Å²) in [6.07, 6.45) is 0.936. The number of hydrogen-bond acceptors (Lipinski definition) is 3. The molecule has 1 aromatic carbocycles. The van der Waals surface area contributed by atoms with Crippen LogP contribution in [-0.4, -0.2) is 24.1 Å². The normalized spacial score (nSPS) is 9.88. The van der Waals surface area contributed by atoms with Gasteiger partial charge in [0.1, 0.15) is 0 Å². The molecule has 0 aliphatic carbocycles. The van der Waals surface area contributed by atoms with Gasteiger partial charge in [-0.25, -0.2) is 0 Å². The van der Waals surface area contributed by atoms with Crippen LogP contribution in [0.15, 0.2) is 24.3 Å². The first kappa shape index (κ1) is 12.5. The summed E-state index contributed by atoms with van der Waals surface area (Å²) in [5, 5.41) is 14.7. The van der Waals surface area contributed by atoms with E-state index in [2.05, 4.69) is 10.6 Å². The van der Waals surface area contributed by atoms with Crippen LogP contribution in [0, 0.1) is 0 Å². The smallest absolute Gasteiger partial charge is 0.239 e. The third-order valence-corrected chi connectivity index (χ3v) is 2.13. The Morgan fingerprint density at radius 2 is 2.25 bits per heavy atom. The largest absolute Gasteiger partial charge is 0.392 e. The first-order valence-electron chi connectivity index (χ1n) is 5.46. The minimum absolute atomic E-state index is 0.0115. The molecule has 0 radical (unpaired) electrons. The molecule has 0 aliphatic rings. The number of amides is 1. The predicted octanol–water partition coefficient (Wildman–Crippen LogP) is 1.12. The highest BCUT2D eigenvalue weighted by molar-refractivity contribution is 5.80. The molecular weight excluding hydrogens is 204 g/mol. The van der Waals surface area contributed by atoms with Gasteiger partial charge < -0.3 is 15.7 Å². The first-order valence-corrected chi connectivity index (χ1v) is 5.46. The van der Waals surface area contributed by atoms with Crippen LogP contribution in [0.1, 0.15) is 18.9 Å². The van der Waals surface area contributed by atoms with E-state index >= 15 is 0 Å². The molecule has 1 rings (SSSR count). The van der Waals surface area contributed by atoms with Gasteiger partial charge in [0.2, 0.25) is 5.91 Å². The lowest BCUT2D eigenvalue weighted by Gasteiger charge is -2.07. The van der Waals surface area contributed by atoms with E-state index in [1.807, 2.05) is 31.2 Å². The second kappa shape index (κ2) is 6.85. The van der Waals surface area contributed by atoms with Crippen molar-refractivity contribution in [3.05, 3.63) is 29.8 Å². The van der Waals surface area contributed by atoms with Crippen molar-refractivity contribution in [2.45, 2.75) is 20.0 Å². The lowest BCUT2D eigenvalue weighted by molar-refractivity contribution is -0.119. The Balaban J connectivity index is 2.38. The van der Waals surface area contributed by atoms with Crippen LogP contribution < -0.4 is 10.6 Å². The summed E-state index contributed by atoms with van der Waals surface area (Å²) in [4.78, 5) is 11.3. The number of benzene rings is 1. The topological polar surface area (TPSA) is 61.4 Å². The van der Waals surface area contributed by atoms with Gasteiger partial charge in [-0.2, -0.15) is 0 Å². The van der Waals surface area contributed by atoms with Gasteiger partial charge in [0.25, 0.3) is 0 Å². The molecule has 4 nitrogen and oxygen atoms in total. The Morgan fingerprint density at radius 3 is 2.94 bits per heavy atom. The number of aliphatic hydroxyl groups is 1. The van der Waals surface area contributed by atoms with Gasteiger partial charge >= 0.3 is 0 Å². The fraction of sp³-hybridized carbons (Fsp3) is 0.417. The SMILES string of the molecule is CCCNC(=O)CNc1cccc(CO)c1. The van der Waals surface area contributed by atoms with Crippen molar-refractivity contribution < 1.29 is 9.90 Å². The molecule has 0 fully saturated rings. The van der Waals surface area contributed by atoms with Gasteiger partial charge in [-0.1, -0.05) is 19.1 Å². The number of nitrogens with one attached hydrogen (secondary N) is 2. The van der Waals surface area contributed by atoms with E-state index in [1.54, 1.807) is 0 Å². The lowest BCUT2D eigenvalue weighted by atomic mass is 10.2. The maximum Gasteiger partial charge on any atom is 0.239 e. The number of aliphatic hydroxyl groups excluding tert-OH is 1. The van der Waals surface area contributed by atoms with Crippen LogP contribution in [0.3, 0.4) is 0 Å². The number of hydrogen-bond donors (Lipinski definition) is 3. The molecule has 0 heterocycles. The standard InChI is InChI=1S/C12H18N2O2/c1-2-6-13-12(16)8-14-11-5-3-4-10(7-11)9-15/h3-5,7,14-15H,2,6,8-9H2,1H3,(H,13,16). The second-order valence-corrected chi connectivity index (χ2v) is 3.56. The summed E-state index contributed by atoms with van der Waals surface area (Å²) in [6, 6.07) is 7.37. The zero-order chi connectivity index (χ0) is 11.8. The third-order valence-electron chi connectivity index (χ3n) is 2.13. The van der Waals surface area contributed by atoms with Crippen LogP contribution >= 0.6 is 0 Å². The summed E-state index contributed by atoms with van der Waals surface area (Å²) in [5.41, 5.74) is 1.68. The zero-order valence-corrected chi connectivity index (χ0v) is 9.49. The summed E-state index contributed by atoms with van der Waals surface area (Å²) in [5.74, 6) is -0.0174. The Bertz CT molecular complexity index is 340. The highest BCUT2D eigenvalue weighted by Gasteiger charge is 2.00. The molecular formula is C12H18N2O2. The first-order chi connectivity index (χ1) is 7.76. The van der Waals surface area contributed by atoms with E-state index < -0.39 is 0 Å². The summed E-state index contributed by atoms with van der Waals surface area (Å²) in [6.45, 7) is 2.99. The van der Waals surface area contributed by atoms with Gasteiger partial charge in [0, 0.05) is 12.2 Å². The molecule has 3 N–H and O–H groups in total. The Kier molecular flexibility index (Phi) is 5.36. The quantitative estimate of drug-likeness (QED) is 0.676. The Morgan fingerprint density at radius 1 is 1.44 bits per heavy atom. The van der Waals surface area contributed by atoms with Crippen LogP contribution in [0.2, 0.25) is 0 Å². The van der Waals surface area contributed by atoms with Gasteiger partial charge in [0.05, 0.1) is 13.2 Å². The summed E-state index contributed by atoms with van der Waals surface area (Å²) < 4.78 is 0. The number of anilines is 1. The molecule has 0 saturated carbocycles. The minimum atomic E-state index is -0.0174. The lowest BCUT2D eigenvalue weighted by Crippen LogP contribution is -2.30. The fourth-order valence-corrected chi connectivity index (χ4v) is 1.29. The fourth-order valence-electron chi connectivity index (χ4n) is 1.29. The van der Waals surface area contributed by atoms with Crippen LogP contribution in [0.4, 0.5) is 5.69 Å². The Hall–Kier alpha value is -1.55. The van der Waals surface area contributed by atoms with E-state index in [0.29, 0.717) is 6.54 Å². The van der Waals surface area contributed by atoms with Crippen molar-refractivity contribution in [1.82, 2.24) is 5.32 Å². The molecule has 88 valence electrons. The second-order valence-electron chi connectivity index (χ2n) is 3.56. The maximum atomic E-state index is 11.3. The molecule has 0 saturated heterocycles. The van der Waals surface area contributed by atoms with E-state index in [0.717, 1.165) is 17.7 Å². The maximum absolute atomic E-state index is 11.3. The Labute approximate surface area is 95.7 Å². The molecule has 0 bridgehead atoms. The molecule has 0 aliphatic heterocycles. The van der Waals surface area contributed by atoms with Crippen molar-refractivity contribution in [3.8, 4) is 0 Å². The highest BCUT2D eigenvalue weighted by Crippen LogP contribution is 2.09.